The Morgan fingerprint density at radius 1 is 1.31 bits per heavy atom. The highest BCUT2D eigenvalue weighted by Crippen LogP contribution is 2.29. The molecule has 0 amide bonds. The molecule has 0 saturated carbocycles. The van der Waals surface area contributed by atoms with E-state index in [1.807, 2.05) is 0 Å². The van der Waals surface area contributed by atoms with E-state index >= 15 is 0 Å². The van der Waals surface area contributed by atoms with Crippen LogP contribution in [0.25, 0.3) is 0 Å². The van der Waals surface area contributed by atoms with Gasteiger partial charge >= 0.3 is 0 Å². The van der Waals surface area contributed by atoms with Gasteiger partial charge in [-0.05, 0) is 30.5 Å². The lowest BCUT2D eigenvalue weighted by Crippen LogP contribution is -2.15. The van der Waals surface area contributed by atoms with Gasteiger partial charge in [0.25, 0.3) is 0 Å². The molecular formula is C12H16O. The SMILES string of the molecule is Cc1cc(C)c2c(c1)C(C)COC2. The molecular weight excluding hydrogens is 160 g/mol. The lowest BCUT2D eigenvalue weighted by atomic mass is 9.90. The highest BCUT2D eigenvalue weighted by Gasteiger charge is 2.18. The normalized spacial score (nSPS) is 21.3. The average molecular weight is 176 g/mol. The summed E-state index contributed by atoms with van der Waals surface area (Å²) in [5.74, 6) is 0.558. The third kappa shape index (κ3) is 1.49. The molecule has 1 aromatic carbocycles. The molecule has 0 N–H and O–H groups in total. The van der Waals surface area contributed by atoms with E-state index in [2.05, 4.69) is 32.9 Å². The minimum Gasteiger partial charge on any atom is -0.376 e. The average Bonchev–Trinajstić information content (AvgIpc) is 2.07. The molecule has 0 spiro atoms. The van der Waals surface area contributed by atoms with Gasteiger partial charge in [0.2, 0.25) is 0 Å². The quantitative estimate of drug-likeness (QED) is 0.590. The van der Waals surface area contributed by atoms with E-state index in [9.17, 15) is 0 Å². The minimum atomic E-state index is 0.558. The molecule has 1 unspecified atom stereocenters. The largest absolute Gasteiger partial charge is 0.376 e. The Labute approximate surface area is 79.7 Å². The third-order valence-corrected chi connectivity index (χ3v) is 2.80. The van der Waals surface area contributed by atoms with Crippen molar-refractivity contribution in [3.05, 3.63) is 34.4 Å². The van der Waals surface area contributed by atoms with Gasteiger partial charge in [0, 0.05) is 5.92 Å². The van der Waals surface area contributed by atoms with Crippen LogP contribution < -0.4 is 0 Å². The predicted octanol–water partition coefficient (Wildman–Crippen LogP) is 2.94. The molecule has 1 aliphatic rings. The Hall–Kier alpha value is -0.820. The maximum Gasteiger partial charge on any atom is 0.0722 e. The van der Waals surface area contributed by atoms with Gasteiger partial charge in [-0.3, -0.25) is 0 Å². The summed E-state index contributed by atoms with van der Waals surface area (Å²) >= 11 is 0. The van der Waals surface area contributed by atoms with Gasteiger partial charge in [-0.2, -0.15) is 0 Å². The van der Waals surface area contributed by atoms with Crippen molar-refractivity contribution in [2.75, 3.05) is 6.61 Å². The Bertz CT molecular complexity index is 328. The summed E-state index contributed by atoms with van der Waals surface area (Å²) < 4.78 is 5.53. The second-order valence-electron chi connectivity index (χ2n) is 4.07. The van der Waals surface area contributed by atoms with Crippen molar-refractivity contribution in [1.82, 2.24) is 0 Å². The Kier molecular flexibility index (Phi) is 2.12. The summed E-state index contributed by atoms with van der Waals surface area (Å²) in [6.07, 6.45) is 0. The van der Waals surface area contributed by atoms with Crippen molar-refractivity contribution in [3.8, 4) is 0 Å². The van der Waals surface area contributed by atoms with E-state index in [1.165, 1.54) is 22.3 Å². The summed E-state index contributed by atoms with van der Waals surface area (Å²) in [4.78, 5) is 0. The van der Waals surface area contributed by atoms with Crippen LogP contribution in [0, 0.1) is 13.8 Å². The van der Waals surface area contributed by atoms with Gasteiger partial charge < -0.3 is 4.74 Å². The van der Waals surface area contributed by atoms with Gasteiger partial charge in [0.15, 0.2) is 0 Å². The lowest BCUT2D eigenvalue weighted by Gasteiger charge is -2.24. The molecule has 2 rings (SSSR count). The number of ether oxygens (including phenoxy) is 1. The number of aryl methyl sites for hydroxylation is 2. The molecule has 0 fully saturated rings. The maximum absolute atomic E-state index is 5.53. The van der Waals surface area contributed by atoms with Gasteiger partial charge in [-0.1, -0.05) is 24.6 Å². The van der Waals surface area contributed by atoms with E-state index in [0.29, 0.717) is 5.92 Å². The molecule has 1 aliphatic heterocycles. The number of rotatable bonds is 0. The molecule has 0 aromatic heterocycles. The third-order valence-electron chi connectivity index (χ3n) is 2.80. The molecule has 1 aromatic rings. The van der Waals surface area contributed by atoms with Crippen LogP contribution in [0.4, 0.5) is 0 Å². The van der Waals surface area contributed by atoms with E-state index in [-0.39, 0.29) is 0 Å². The molecule has 1 heterocycles. The Morgan fingerprint density at radius 2 is 2.08 bits per heavy atom. The van der Waals surface area contributed by atoms with E-state index in [0.717, 1.165) is 13.2 Å². The zero-order valence-corrected chi connectivity index (χ0v) is 8.55. The highest BCUT2D eigenvalue weighted by atomic mass is 16.5. The second-order valence-corrected chi connectivity index (χ2v) is 4.07. The fourth-order valence-electron chi connectivity index (χ4n) is 2.09. The summed E-state index contributed by atoms with van der Waals surface area (Å²) in [6.45, 7) is 8.24. The summed E-state index contributed by atoms with van der Waals surface area (Å²) in [6, 6.07) is 4.54. The van der Waals surface area contributed by atoms with Crippen molar-refractivity contribution in [1.29, 1.82) is 0 Å². The van der Waals surface area contributed by atoms with Crippen LogP contribution in [0.5, 0.6) is 0 Å². The number of hydrogen-bond donors (Lipinski definition) is 0. The fourth-order valence-corrected chi connectivity index (χ4v) is 2.09. The van der Waals surface area contributed by atoms with Crippen LogP contribution in [0.15, 0.2) is 12.1 Å². The molecule has 0 saturated heterocycles. The monoisotopic (exact) mass is 176 g/mol. The predicted molar refractivity (Wildman–Crippen MR) is 54.0 cm³/mol. The van der Waals surface area contributed by atoms with Crippen LogP contribution in [0.2, 0.25) is 0 Å². The van der Waals surface area contributed by atoms with Crippen molar-refractivity contribution in [2.24, 2.45) is 0 Å². The fraction of sp³-hybridized carbons (Fsp3) is 0.500. The molecule has 0 bridgehead atoms. The number of hydrogen-bond acceptors (Lipinski definition) is 1. The first-order chi connectivity index (χ1) is 6.18. The summed E-state index contributed by atoms with van der Waals surface area (Å²) in [5.41, 5.74) is 5.64. The maximum atomic E-state index is 5.53. The van der Waals surface area contributed by atoms with Crippen LogP contribution in [0.3, 0.4) is 0 Å². The minimum absolute atomic E-state index is 0.558. The van der Waals surface area contributed by atoms with Gasteiger partial charge in [0.1, 0.15) is 0 Å². The van der Waals surface area contributed by atoms with Crippen LogP contribution >= 0.6 is 0 Å². The first-order valence-electron chi connectivity index (χ1n) is 4.86. The van der Waals surface area contributed by atoms with Crippen molar-refractivity contribution < 1.29 is 4.74 Å². The lowest BCUT2D eigenvalue weighted by molar-refractivity contribution is 0.0946. The van der Waals surface area contributed by atoms with Crippen molar-refractivity contribution in [3.63, 3.8) is 0 Å². The molecule has 0 aliphatic carbocycles. The second kappa shape index (κ2) is 3.15. The number of benzene rings is 1. The van der Waals surface area contributed by atoms with Crippen LogP contribution in [0.1, 0.15) is 35.1 Å². The Balaban J connectivity index is 2.56. The number of fused-ring (bicyclic) bond motifs is 1. The van der Waals surface area contributed by atoms with E-state index in [4.69, 9.17) is 4.74 Å². The smallest absolute Gasteiger partial charge is 0.0722 e. The first-order valence-corrected chi connectivity index (χ1v) is 4.86. The Morgan fingerprint density at radius 3 is 2.85 bits per heavy atom. The van der Waals surface area contributed by atoms with E-state index in [1.54, 1.807) is 0 Å². The highest BCUT2D eigenvalue weighted by molar-refractivity contribution is 5.40. The molecule has 0 radical (unpaired) electrons. The van der Waals surface area contributed by atoms with Crippen molar-refractivity contribution >= 4 is 0 Å². The molecule has 70 valence electrons. The molecule has 1 atom stereocenters. The molecule has 1 heteroatoms. The standard InChI is InChI=1S/C12H16O/c1-8-4-9(2)12-7-13-6-10(3)11(12)5-8/h4-5,10H,6-7H2,1-3H3. The zero-order valence-electron chi connectivity index (χ0n) is 8.55. The summed E-state index contributed by atoms with van der Waals surface area (Å²) in [7, 11) is 0. The molecule has 13 heavy (non-hydrogen) atoms. The molecule has 1 nitrogen and oxygen atoms in total. The van der Waals surface area contributed by atoms with Crippen LogP contribution in [-0.2, 0) is 11.3 Å². The first kappa shape index (κ1) is 8.76. The van der Waals surface area contributed by atoms with E-state index < -0.39 is 0 Å². The zero-order chi connectivity index (χ0) is 9.42. The van der Waals surface area contributed by atoms with Gasteiger partial charge in [-0.25, -0.2) is 0 Å². The van der Waals surface area contributed by atoms with Crippen molar-refractivity contribution in [2.45, 2.75) is 33.3 Å². The van der Waals surface area contributed by atoms with Gasteiger partial charge in [-0.15, -0.1) is 0 Å². The van der Waals surface area contributed by atoms with Gasteiger partial charge in [0.05, 0.1) is 13.2 Å². The topological polar surface area (TPSA) is 9.23 Å². The van der Waals surface area contributed by atoms with Crippen LogP contribution in [-0.4, -0.2) is 6.61 Å². The summed E-state index contributed by atoms with van der Waals surface area (Å²) in [5, 5.41) is 0.